The van der Waals surface area contributed by atoms with E-state index in [0.29, 0.717) is 22.4 Å². The minimum absolute atomic E-state index is 0.0404. The molecule has 2 amide bonds. The van der Waals surface area contributed by atoms with E-state index in [4.69, 9.17) is 16.3 Å². The molecule has 1 fully saturated rings. The summed E-state index contributed by atoms with van der Waals surface area (Å²) in [6, 6.07) is 7.21. The SMILES string of the molecule is Cc1cc(NC[C@@H](O)CNC(=O)c2ccc(Cl)s2)cc(C)c1N1CCOCC1=O. The molecule has 1 aliphatic rings. The highest BCUT2D eigenvalue weighted by Crippen LogP contribution is 2.29. The number of ether oxygens (including phenoxy) is 1. The highest BCUT2D eigenvalue weighted by Gasteiger charge is 2.23. The summed E-state index contributed by atoms with van der Waals surface area (Å²) in [7, 11) is 0. The zero-order chi connectivity index (χ0) is 21.0. The smallest absolute Gasteiger partial charge is 0.261 e. The summed E-state index contributed by atoms with van der Waals surface area (Å²) in [5.74, 6) is -0.298. The molecule has 7 nitrogen and oxygen atoms in total. The molecule has 0 radical (unpaired) electrons. The quantitative estimate of drug-likeness (QED) is 0.619. The number of morpholine rings is 1. The fraction of sp³-hybridized carbons (Fsp3) is 0.400. The molecule has 0 aliphatic carbocycles. The standard InChI is InChI=1S/C20H24ClN3O4S/c1-12-7-14(8-13(2)19(12)24-5-6-28-11-18(24)26)22-9-15(25)10-23-20(27)16-3-4-17(21)29-16/h3-4,7-8,15,22,25H,5-6,9-11H2,1-2H3,(H,23,27)/t15-/m1/s1. The van der Waals surface area contributed by atoms with Gasteiger partial charge in [0.15, 0.2) is 0 Å². The summed E-state index contributed by atoms with van der Waals surface area (Å²) in [5, 5.41) is 16.1. The maximum atomic E-state index is 12.1. The van der Waals surface area contributed by atoms with Gasteiger partial charge in [0, 0.05) is 31.0 Å². The second-order valence-electron chi connectivity index (χ2n) is 6.91. The van der Waals surface area contributed by atoms with Gasteiger partial charge in [-0.05, 0) is 49.2 Å². The Hall–Kier alpha value is -2.13. The average molecular weight is 438 g/mol. The maximum absolute atomic E-state index is 12.1. The van der Waals surface area contributed by atoms with Gasteiger partial charge in [-0.2, -0.15) is 0 Å². The van der Waals surface area contributed by atoms with E-state index in [-0.39, 0.29) is 31.5 Å². The van der Waals surface area contributed by atoms with Crippen molar-refractivity contribution in [2.45, 2.75) is 20.0 Å². The Kier molecular flexibility index (Phi) is 7.13. The van der Waals surface area contributed by atoms with Crippen molar-refractivity contribution in [2.24, 2.45) is 0 Å². The number of anilines is 2. The normalized spacial score (nSPS) is 15.3. The molecule has 0 spiro atoms. The van der Waals surface area contributed by atoms with Crippen LogP contribution in [0.3, 0.4) is 0 Å². The Labute approximate surface area is 178 Å². The third-order valence-corrected chi connectivity index (χ3v) is 5.81. The number of carbonyl (C=O) groups excluding carboxylic acids is 2. The van der Waals surface area contributed by atoms with Crippen LogP contribution in [-0.2, 0) is 9.53 Å². The number of nitrogens with zero attached hydrogens (tertiary/aromatic N) is 1. The Morgan fingerprint density at radius 3 is 2.66 bits per heavy atom. The van der Waals surface area contributed by atoms with Crippen molar-refractivity contribution in [2.75, 3.05) is 43.1 Å². The van der Waals surface area contributed by atoms with E-state index in [9.17, 15) is 14.7 Å². The fourth-order valence-electron chi connectivity index (χ4n) is 3.28. The van der Waals surface area contributed by atoms with Crippen molar-refractivity contribution in [3.8, 4) is 0 Å². The number of halogens is 1. The molecular weight excluding hydrogens is 414 g/mol. The molecule has 1 aromatic heterocycles. The highest BCUT2D eigenvalue weighted by molar-refractivity contribution is 7.17. The van der Waals surface area contributed by atoms with Crippen molar-refractivity contribution < 1.29 is 19.4 Å². The number of rotatable bonds is 7. The van der Waals surface area contributed by atoms with Crippen LogP contribution in [0.2, 0.25) is 4.34 Å². The first-order chi connectivity index (χ1) is 13.8. The summed E-state index contributed by atoms with van der Waals surface area (Å²) in [6.07, 6.45) is -0.754. The second kappa shape index (κ2) is 9.58. The minimum atomic E-state index is -0.754. The summed E-state index contributed by atoms with van der Waals surface area (Å²) in [4.78, 5) is 26.4. The van der Waals surface area contributed by atoms with E-state index in [2.05, 4.69) is 10.6 Å². The molecule has 1 aromatic carbocycles. The number of benzene rings is 1. The average Bonchev–Trinajstić information content (AvgIpc) is 3.12. The van der Waals surface area contributed by atoms with E-state index in [1.54, 1.807) is 17.0 Å². The lowest BCUT2D eigenvalue weighted by Gasteiger charge is -2.30. The summed E-state index contributed by atoms with van der Waals surface area (Å²) >= 11 is 7.02. The van der Waals surface area contributed by atoms with Gasteiger partial charge in [-0.3, -0.25) is 9.59 Å². The number of aryl methyl sites for hydroxylation is 2. The van der Waals surface area contributed by atoms with Gasteiger partial charge < -0.3 is 25.4 Å². The zero-order valence-corrected chi connectivity index (χ0v) is 17.9. The molecule has 0 saturated carbocycles. The van der Waals surface area contributed by atoms with E-state index in [0.717, 1.165) is 22.5 Å². The molecule has 0 bridgehead atoms. The molecule has 29 heavy (non-hydrogen) atoms. The molecule has 156 valence electrons. The number of aliphatic hydroxyl groups excluding tert-OH is 1. The molecule has 2 heterocycles. The predicted molar refractivity (Wildman–Crippen MR) is 115 cm³/mol. The molecule has 3 rings (SSSR count). The van der Waals surface area contributed by atoms with Gasteiger partial charge in [-0.15, -0.1) is 11.3 Å². The van der Waals surface area contributed by atoms with Crippen LogP contribution < -0.4 is 15.5 Å². The lowest BCUT2D eigenvalue weighted by atomic mass is 10.1. The highest BCUT2D eigenvalue weighted by atomic mass is 35.5. The number of thiophene rings is 1. The van der Waals surface area contributed by atoms with Crippen LogP contribution in [0.1, 0.15) is 20.8 Å². The van der Waals surface area contributed by atoms with Gasteiger partial charge >= 0.3 is 0 Å². The number of aliphatic hydroxyl groups is 1. The van der Waals surface area contributed by atoms with E-state index in [1.807, 2.05) is 26.0 Å². The molecule has 2 aromatic rings. The molecule has 1 atom stereocenters. The first-order valence-electron chi connectivity index (χ1n) is 9.30. The van der Waals surface area contributed by atoms with Crippen molar-refractivity contribution in [3.63, 3.8) is 0 Å². The van der Waals surface area contributed by atoms with Crippen LogP contribution in [0.15, 0.2) is 24.3 Å². The molecule has 9 heteroatoms. The van der Waals surface area contributed by atoms with Crippen molar-refractivity contribution >= 4 is 46.1 Å². The maximum Gasteiger partial charge on any atom is 0.261 e. The fourth-order valence-corrected chi connectivity index (χ4v) is 4.24. The molecule has 3 N–H and O–H groups in total. The van der Waals surface area contributed by atoms with E-state index >= 15 is 0 Å². The van der Waals surface area contributed by atoms with Crippen LogP contribution in [0.4, 0.5) is 11.4 Å². The van der Waals surface area contributed by atoms with Crippen LogP contribution in [0.25, 0.3) is 0 Å². The molecule has 1 aliphatic heterocycles. The Morgan fingerprint density at radius 1 is 1.31 bits per heavy atom. The topological polar surface area (TPSA) is 90.9 Å². The molecule has 1 saturated heterocycles. The van der Waals surface area contributed by atoms with E-state index < -0.39 is 6.10 Å². The largest absolute Gasteiger partial charge is 0.389 e. The first kappa shape index (κ1) is 21.6. The summed E-state index contributed by atoms with van der Waals surface area (Å²) < 4.78 is 5.75. The number of hydrogen-bond acceptors (Lipinski definition) is 6. The first-order valence-corrected chi connectivity index (χ1v) is 10.5. The monoisotopic (exact) mass is 437 g/mol. The predicted octanol–water partition coefficient (Wildman–Crippen LogP) is 2.58. The number of carbonyl (C=O) groups is 2. The summed E-state index contributed by atoms with van der Waals surface area (Å²) in [6.45, 7) is 5.49. The molecule has 0 unspecified atom stereocenters. The third-order valence-electron chi connectivity index (χ3n) is 4.58. The Balaban J connectivity index is 1.55. The second-order valence-corrected chi connectivity index (χ2v) is 8.62. The number of hydrogen-bond donors (Lipinski definition) is 3. The van der Waals surface area contributed by atoms with Gasteiger partial charge in [0.25, 0.3) is 11.8 Å². The van der Waals surface area contributed by atoms with E-state index in [1.165, 1.54) is 11.3 Å². The van der Waals surface area contributed by atoms with Crippen LogP contribution >= 0.6 is 22.9 Å². The van der Waals surface area contributed by atoms with Gasteiger partial charge in [-0.1, -0.05) is 11.6 Å². The minimum Gasteiger partial charge on any atom is -0.389 e. The lowest BCUT2D eigenvalue weighted by Crippen LogP contribution is -2.42. The van der Waals surface area contributed by atoms with Gasteiger partial charge in [0.1, 0.15) is 6.61 Å². The van der Waals surface area contributed by atoms with Crippen LogP contribution in [-0.4, -0.2) is 55.9 Å². The Morgan fingerprint density at radius 2 is 2.03 bits per heavy atom. The third kappa shape index (κ3) is 5.48. The number of nitrogens with one attached hydrogen (secondary N) is 2. The lowest BCUT2D eigenvalue weighted by molar-refractivity contribution is -0.125. The van der Waals surface area contributed by atoms with Gasteiger partial charge in [-0.25, -0.2) is 0 Å². The van der Waals surface area contributed by atoms with Crippen molar-refractivity contribution in [1.82, 2.24) is 5.32 Å². The zero-order valence-electron chi connectivity index (χ0n) is 16.3. The number of amides is 2. The van der Waals surface area contributed by atoms with Gasteiger partial charge in [0.2, 0.25) is 0 Å². The van der Waals surface area contributed by atoms with Crippen LogP contribution in [0.5, 0.6) is 0 Å². The van der Waals surface area contributed by atoms with Crippen LogP contribution in [0, 0.1) is 13.8 Å². The van der Waals surface area contributed by atoms with Crippen molar-refractivity contribution in [3.05, 3.63) is 44.6 Å². The van der Waals surface area contributed by atoms with Crippen molar-refractivity contribution in [1.29, 1.82) is 0 Å². The Bertz CT molecular complexity index is 879. The van der Waals surface area contributed by atoms with Gasteiger partial charge in [0.05, 0.1) is 21.9 Å². The summed E-state index contributed by atoms with van der Waals surface area (Å²) in [5.41, 5.74) is 3.70. The molecular formula is C20H24ClN3O4S.